The van der Waals surface area contributed by atoms with Crippen molar-refractivity contribution in [2.45, 2.75) is 0 Å². The number of benzene rings is 10. The third kappa shape index (κ3) is 6.28. The molecule has 0 radical (unpaired) electrons. The van der Waals surface area contributed by atoms with E-state index in [4.69, 9.17) is 19.4 Å². The second-order valence-electron chi connectivity index (χ2n) is 16.7. The van der Waals surface area contributed by atoms with Gasteiger partial charge in [0, 0.05) is 49.3 Å². The molecule has 10 aromatic carbocycles. The molecule has 0 atom stereocenters. The van der Waals surface area contributed by atoms with Gasteiger partial charge in [0.15, 0.2) is 17.5 Å². The minimum absolute atomic E-state index is 0.633. The molecule has 13 aromatic rings. The van der Waals surface area contributed by atoms with Crippen molar-refractivity contribution in [1.29, 1.82) is 0 Å². The van der Waals surface area contributed by atoms with Crippen molar-refractivity contribution in [3.8, 4) is 73.2 Å². The first-order valence-corrected chi connectivity index (χ1v) is 22.3. The van der Waals surface area contributed by atoms with Gasteiger partial charge in [-0.2, -0.15) is 0 Å². The van der Waals surface area contributed by atoms with Gasteiger partial charge < -0.3 is 8.98 Å². The predicted octanol–water partition coefficient (Wildman–Crippen LogP) is 16.0. The molecule has 13 rings (SSSR count). The van der Waals surface area contributed by atoms with Crippen LogP contribution in [0.1, 0.15) is 0 Å². The molecule has 0 amide bonds. The van der Waals surface area contributed by atoms with Gasteiger partial charge in [0.25, 0.3) is 0 Å². The van der Waals surface area contributed by atoms with Crippen molar-refractivity contribution in [3.63, 3.8) is 0 Å². The van der Waals surface area contributed by atoms with E-state index in [9.17, 15) is 0 Å². The number of furan rings is 1. The van der Waals surface area contributed by atoms with Gasteiger partial charge >= 0.3 is 0 Å². The Bertz CT molecular complexity index is 3850. The van der Waals surface area contributed by atoms with Crippen LogP contribution in [-0.4, -0.2) is 19.5 Å². The Labute approximate surface area is 380 Å². The van der Waals surface area contributed by atoms with E-state index < -0.39 is 0 Å². The fraction of sp³-hybridized carbons (Fsp3) is 0. The number of hydrogen-bond donors (Lipinski definition) is 0. The molecule has 0 fully saturated rings. The first-order chi connectivity index (χ1) is 32.7. The van der Waals surface area contributed by atoms with E-state index in [-0.39, 0.29) is 0 Å². The maximum Gasteiger partial charge on any atom is 0.164 e. The normalized spacial score (nSPS) is 11.6. The lowest BCUT2D eigenvalue weighted by Gasteiger charge is -2.12. The summed E-state index contributed by atoms with van der Waals surface area (Å²) in [6.45, 7) is 0. The molecule has 5 heteroatoms. The summed E-state index contributed by atoms with van der Waals surface area (Å²) in [7, 11) is 0. The van der Waals surface area contributed by atoms with Crippen molar-refractivity contribution < 1.29 is 4.42 Å². The molecular weight excluding hydrogens is 805 g/mol. The number of aromatic nitrogens is 4. The van der Waals surface area contributed by atoms with Crippen LogP contribution in [0.25, 0.3) is 128 Å². The van der Waals surface area contributed by atoms with E-state index in [0.29, 0.717) is 17.5 Å². The molecule has 3 aromatic heterocycles. The Hall–Kier alpha value is -8.93. The van der Waals surface area contributed by atoms with Crippen LogP contribution < -0.4 is 0 Å². The topological polar surface area (TPSA) is 56.7 Å². The number of hydrogen-bond acceptors (Lipinski definition) is 4. The third-order valence-electron chi connectivity index (χ3n) is 12.9. The van der Waals surface area contributed by atoms with E-state index in [0.717, 1.165) is 88.5 Å². The molecule has 5 nitrogen and oxygen atoms in total. The van der Waals surface area contributed by atoms with Crippen molar-refractivity contribution in [1.82, 2.24) is 19.5 Å². The average Bonchev–Trinajstić information content (AvgIpc) is 3.95. The van der Waals surface area contributed by atoms with Crippen LogP contribution in [0, 0.1) is 0 Å². The zero-order chi connectivity index (χ0) is 43.6. The van der Waals surface area contributed by atoms with Crippen LogP contribution in [-0.2, 0) is 0 Å². The summed E-state index contributed by atoms with van der Waals surface area (Å²) in [6, 6.07) is 81.1. The summed E-state index contributed by atoms with van der Waals surface area (Å²) < 4.78 is 9.15. The van der Waals surface area contributed by atoms with Crippen LogP contribution >= 0.6 is 0 Å². The van der Waals surface area contributed by atoms with Gasteiger partial charge in [-0.3, -0.25) is 0 Å². The lowest BCUT2D eigenvalue weighted by Crippen LogP contribution is -2.00. The fourth-order valence-electron chi connectivity index (χ4n) is 9.73. The Morgan fingerprint density at radius 3 is 1.42 bits per heavy atom. The molecule has 0 saturated heterocycles. The molecule has 0 unspecified atom stereocenters. The van der Waals surface area contributed by atoms with E-state index >= 15 is 0 Å². The second-order valence-corrected chi connectivity index (χ2v) is 16.7. The van der Waals surface area contributed by atoms with Gasteiger partial charge in [-0.15, -0.1) is 0 Å². The van der Waals surface area contributed by atoms with E-state index in [1.807, 2.05) is 60.7 Å². The highest BCUT2D eigenvalue weighted by Crippen LogP contribution is 2.44. The summed E-state index contributed by atoms with van der Waals surface area (Å²) >= 11 is 0. The zero-order valence-corrected chi connectivity index (χ0v) is 35.6. The van der Waals surface area contributed by atoms with Crippen LogP contribution in [0.5, 0.6) is 0 Å². The average molecular weight is 843 g/mol. The van der Waals surface area contributed by atoms with Crippen LogP contribution in [0.15, 0.2) is 235 Å². The monoisotopic (exact) mass is 842 g/mol. The van der Waals surface area contributed by atoms with Crippen molar-refractivity contribution in [2.24, 2.45) is 0 Å². The number of fused-ring (bicyclic) bond motifs is 8. The highest BCUT2D eigenvalue weighted by atomic mass is 16.3. The number of nitrogens with zero attached hydrogens (tertiary/aromatic N) is 4. The minimum Gasteiger partial charge on any atom is -0.455 e. The lowest BCUT2D eigenvalue weighted by atomic mass is 9.92. The quantitative estimate of drug-likeness (QED) is 0.160. The van der Waals surface area contributed by atoms with Gasteiger partial charge in [-0.1, -0.05) is 188 Å². The molecule has 66 heavy (non-hydrogen) atoms. The Morgan fingerprint density at radius 1 is 0.303 bits per heavy atom. The molecule has 0 aliphatic rings. The smallest absolute Gasteiger partial charge is 0.164 e. The predicted molar refractivity (Wildman–Crippen MR) is 272 cm³/mol. The van der Waals surface area contributed by atoms with Crippen LogP contribution in [0.4, 0.5) is 0 Å². The summed E-state index contributed by atoms with van der Waals surface area (Å²) in [5.41, 5.74) is 14.9. The van der Waals surface area contributed by atoms with E-state index in [2.05, 4.69) is 174 Å². The SMILES string of the molecule is c1ccc(-c2nc(-c3ccccc3)nc(-c3ccc(-c4cccc(-c5cc6c(oc7cccc(-c8ccc(-n9c%10ccccc%10c%10ccccc%109)cc8)c76)c6ccccc56)c4)cc3)n2)cc1. The fourth-order valence-corrected chi connectivity index (χ4v) is 9.73. The lowest BCUT2D eigenvalue weighted by molar-refractivity contribution is 0.673. The van der Waals surface area contributed by atoms with E-state index in [1.54, 1.807) is 0 Å². The molecule has 0 bridgehead atoms. The standard InChI is InChI=1S/C61H38N4O/c1-3-15-41(16-4-1)59-62-60(42-17-5-2-6-18-42)64-61(63-59)43-31-29-39(30-32-43)44-19-13-20-45(37-44)52-38-53-57-47(25-14-28-56(57)66-58(53)51-24-8-7-21-48(51)52)40-33-35-46(36-34-40)65-54-26-11-9-22-49(54)50-23-10-12-27-55(50)65/h1-38H. The maximum atomic E-state index is 6.79. The number of para-hydroxylation sites is 2. The summed E-state index contributed by atoms with van der Waals surface area (Å²) in [5, 5.41) is 6.95. The number of rotatable bonds is 7. The molecular formula is C61H38N4O. The van der Waals surface area contributed by atoms with Crippen LogP contribution in [0.3, 0.4) is 0 Å². The largest absolute Gasteiger partial charge is 0.455 e. The van der Waals surface area contributed by atoms with E-state index in [1.165, 1.54) is 21.8 Å². The molecule has 308 valence electrons. The Morgan fingerprint density at radius 2 is 0.788 bits per heavy atom. The molecule has 0 spiro atoms. The first kappa shape index (κ1) is 37.6. The van der Waals surface area contributed by atoms with Gasteiger partial charge in [0.2, 0.25) is 0 Å². The molecule has 3 heterocycles. The van der Waals surface area contributed by atoms with Crippen LogP contribution in [0.2, 0.25) is 0 Å². The van der Waals surface area contributed by atoms with Gasteiger partial charge in [-0.25, -0.2) is 15.0 Å². The Balaban J connectivity index is 0.888. The third-order valence-corrected chi connectivity index (χ3v) is 12.9. The highest BCUT2D eigenvalue weighted by Gasteiger charge is 2.19. The first-order valence-electron chi connectivity index (χ1n) is 22.3. The summed E-state index contributed by atoms with van der Waals surface area (Å²) in [5.74, 6) is 1.92. The maximum absolute atomic E-state index is 6.79. The highest BCUT2D eigenvalue weighted by molar-refractivity contribution is 6.22. The van der Waals surface area contributed by atoms with Gasteiger partial charge in [0.1, 0.15) is 11.2 Å². The summed E-state index contributed by atoms with van der Waals surface area (Å²) in [4.78, 5) is 14.8. The van der Waals surface area contributed by atoms with Crippen molar-refractivity contribution >= 4 is 54.5 Å². The Kier molecular flexibility index (Phi) is 8.78. The molecule has 0 aliphatic carbocycles. The van der Waals surface area contributed by atoms with Gasteiger partial charge in [-0.05, 0) is 81.2 Å². The molecule has 0 aliphatic heterocycles. The van der Waals surface area contributed by atoms with Crippen molar-refractivity contribution in [3.05, 3.63) is 231 Å². The van der Waals surface area contributed by atoms with Crippen molar-refractivity contribution in [2.75, 3.05) is 0 Å². The second kappa shape index (κ2) is 15.4. The molecule has 0 saturated carbocycles. The molecule has 0 N–H and O–H groups in total. The summed E-state index contributed by atoms with van der Waals surface area (Å²) in [6.07, 6.45) is 0. The zero-order valence-electron chi connectivity index (χ0n) is 35.6. The minimum atomic E-state index is 0.633. The van der Waals surface area contributed by atoms with Gasteiger partial charge in [0.05, 0.1) is 11.0 Å².